The van der Waals surface area contributed by atoms with Crippen LogP contribution in [-0.2, 0) is 4.79 Å². The molecular formula is C5H10O5. The molecule has 0 spiro atoms. The standard InChI is InChI=1S/C5H10O5/c6-1-3(8)5(10)4(9)2-7/h1,3-5,7-10H,2H2/t3-,4-,5-/m1/s1/i1+1,3+1. The minimum absolute atomic E-state index is 0.0869. The van der Waals surface area contributed by atoms with Crippen LogP contribution in [0.1, 0.15) is 0 Å². The quantitative estimate of drug-likeness (QED) is 0.259. The molecule has 0 aliphatic carbocycles. The molecule has 10 heavy (non-hydrogen) atoms. The van der Waals surface area contributed by atoms with E-state index in [1.54, 1.807) is 0 Å². The smallest absolute Gasteiger partial charge is 0.151 e. The average Bonchev–Trinajstić information content (AvgIpc) is 2.00. The summed E-state index contributed by atoms with van der Waals surface area (Å²) in [5.41, 5.74) is 0. The SMILES string of the molecule is O=[13CH][13C@@H](O)[C@@H](O)[C@H](O)CO. The van der Waals surface area contributed by atoms with Gasteiger partial charge in [0.2, 0.25) is 0 Å². The van der Waals surface area contributed by atoms with Gasteiger partial charge < -0.3 is 25.2 Å². The fraction of sp³-hybridized carbons (Fsp3) is 0.800. The third-order valence-corrected chi connectivity index (χ3v) is 1.07. The van der Waals surface area contributed by atoms with Crippen LogP contribution in [0.3, 0.4) is 0 Å². The molecule has 0 aromatic rings. The van der Waals surface area contributed by atoms with Crippen molar-refractivity contribution < 1.29 is 25.2 Å². The van der Waals surface area contributed by atoms with Gasteiger partial charge in [0.1, 0.15) is 18.3 Å². The molecule has 0 aliphatic heterocycles. The van der Waals surface area contributed by atoms with Crippen molar-refractivity contribution in [3.05, 3.63) is 0 Å². The van der Waals surface area contributed by atoms with E-state index in [4.69, 9.17) is 20.4 Å². The topological polar surface area (TPSA) is 98.0 Å². The lowest BCUT2D eigenvalue weighted by Crippen LogP contribution is -2.40. The number of rotatable bonds is 4. The third-order valence-electron chi connectivity index (χ3n) is 1.07. The number of hydrogen-bond donors (Lipinski definition) is 4. The summed E-state index contributed by atoms with van der Waals surface area (Å²) < 4.78 is 0. The molecule has 0 amide bonds. The van der Waals surface area contributed by atoms with Gasteiger partial charge in [-0.3, -0.25) is 0 Å². The summed E-state index contributed by atoms with van der Waals surface area (Å²) in [5.74, 6) is 0. The summed E-state index contributed by atoms with van der Waals surface area (Å²) in [4.78, 5) is 9.76. The maximum absolute atomic E-state index is 9.76. The molecule has 0 aliphatic rings. The average molecular weight is 152 g/mol. The van der Waals surface area contributed by atoms with E-state index < -0.39 is 24.9 Å². The van der Waals surface area contributed by atoms with Gasteiger partial charge in [-0.2, -0.15) is 0 Å². The molecule has 0 aromatic carbocycles. The summed E-state index contributed by atoms with van der Waals surface area (Å²) in [7, 11) is 0. The van der Waals surface area contributed by atoms with E-state index in [-0.39, 0.29) is 6.29 Å². The van der Waals surface area contributed by atoms with Gasteiger partial charge in [0, 0.05) is 0 Å². The second-order valence-corrected chi connectivity index (χ2v) is 1.87. The highest BCUT2D eigenvalue weighted by Gasteiger charge is 2.22. The van der Waals surface area contributed by atoms with Crippen molar-refractivity contribution in [1.82, 2.24) is 0 Å². The third kappa shape index (κ3) is 2.40. The number of carbonyl (C=O) groups is 1. The van der Waals surface area contributed by atoms with Crippen LogP contribution in [0.4, 0.5) is 0 Å². The molecule has 4 N–H and O–H groups in total. The highest BCUT2D eigenvalue weighted by atomic mass is 16.4. The first-order chi connectivity index (χ1) is 4.63. The predicted molar refractivity (Wildman–Crippen MR) is 31.2 cm³/mol. The second-order valence-electron chi connectivity index (χ2n) is 1.87. The molecule has 0 fully saturated rings. The van der Waals surface area contributed by atoms with Crippen LogP contribution in [0, 0.1) is 0 Å². The summed E-state index contributed by atoms with van der Waals surface area (Å²) in [6.45, 7) is -0.688. The Labute approximate surface area is 57.5 Å². The fourth-order valence-corrected chi connectivity index (χ4v) is 0.416. The zero-order chi connectivity index (χ0) is 8.15. The Bertz CT molecular complexity index is 104. The van der Waals surface area contributed by atoms with Gasteiger partial charge in [0.15, 0.2) is 6.29 Å². The number of aliphatic hydroxyl groups is 4. The maximum Gasteiger partial charge on any atom is 0.151 e. The van der Waals surface area contributed by atoms with Crippen LogP contribution in [-0.4, -0.2) is 51.6 Å². The van der Waals surface area contributed by atoms with Crippen molar-refractivity contribution in [2.75, 3.05) is 6.61 Å². The highest BCUT2D eigenvalue weighted by Crippen LogP contribution is 1.96. The molecule has 0 heterocycles. The largest absolute Gasteiger partial charge is 0.394 e. The molecule has 5 nitrogen and oxygen atoms in total. The van der Waals surface area contributed by atoms with Crippen molar-refractivity contribution in [3.63, 3.8) is 0 Å². The van der Waals surface area contributed by atoms with E-state index in [1.165, 1.54) is 0 Å². The predicted octanol–water partition coefficient (Wildman–Crippen LogP) is -2.74. The number of hydrogen-bond acceptors (Lipinski definition) is 5. The van der Waals surface area contributed by atoms with Crippen LogP contribution in [0.5, 0.6) is 0 Å². The summed E-state index contributed by atoms with van der Waals surface area (Å²) >= 11 is 0. The lowest BCUT2D eigenvalue weighted by molar-refractivity contribution is -0.127. The van der Waals surface area contributed by atoms with Crippen LogP contribution in [0.15, 0.2) is 0 Å². The highest BCUT2D eigenvalue weighted by molar-refractivity contribution is 5.56. The van der Waals surface area contributed by atoms with Crippen molar-refractivity contribution in [2.24, 2.45) is 0 Å². The Morgan fingerprint density at radius 2 is 1.80 bits per heavy atom. The van der Waals surface area contributed by atoms with E-state index in [0.29, 0.717) is 0 Å². The van der Waals surface area contributed by atoms with Gasteiger partial charge in [-0.05, 0) is 0 Å². The molecule has 3 atom stereocenters. The monoisotopic (exact) mass is 152 g/mol. The Hall–Kier alpha value is -0.490. The first-order valence-corrected chi connectivity index (χ1v) is 2.73. The zero-order valence-electron chi connectivity index (χ0n) is 5.21. The Kier molecular flexibility index (Phi) is 4.13. The molecule has 0 aromatic heterocycles. The second kappa shape index (κ2) is 4.35. The normalized spacial score (nSPS) is 19.6. The van der Waals surface area contributed by atoms with Gasteiger partial charge in [0.05, 0.1) is 6.61 Å². The number of carbonyl (C=O) groups excluding carboxylic acids is 1. The van der Waals surface area contributed by atoms with Gasteiger partial charge >= 0.3 is 0 Å². The van der Waals surface area contributed by atoms with Gasteiger partial charge in [-0.15, -0.1) is 0 Å². The van der Waals surface area contributed by atoms with Crippen LogP contribution >= 0.6 is 0 Å². The van der Waals surface area contributed by atoms with E-state index in [1.807, 2.05) is 0 Å². The fourth-order valence-electron chi connectivity index (χ4n) is 0.416. The van der Waals surface area contributed by atoms with E-state index in [2.05, 4.69) is 0 Å². The van der Waals surface area contributed by atoms with Gasteiger partial charge in [-0.1, -0.05) is 0 Å². The molecule has 5 heteroatoms. The van der Waals surface area contributed by atoms with Crippen molar-refractivity contribution in [3.8, 4) is 0 Å². The molecule has 0 unspecified atom stereocenters. The van der Waals surface area contributed by atoms with Crippen molar-refractivity contribution >= 4 is 6.29 Å². The Morgan fingerprint density at radius 1 is 1.30 bits per heavy atom. The molecule has 0 bridgehead atoms. The minimum Gasteiger partial charge on any atom is -0.394 e. The zero-order valence-corrected chi connectivity index (χ0v) is 5.21. The first-order valence-electron chi connectivity index (χ1n) is 2.73. The molecule has 60 valence electrons. The van der Waals surface area contributed by atoms with Gasteiger partial charge in [-0.25, -0.2) is 0 Å². The molecule has 0 rings (SSSR count). The van der Waals surface area contributed by atoms with Crippen LogP contribution in [0.2, 0.25) is 0 Å². The van der Waals surface area contributed by atoms with Gasteiger partial charge in [0.25, 0.3) is 0 Å². The van der Waals surface area contributed by atoms with Crippen LogP contribution < -0.4 is 0 Å². The molecule has 0 saturated carbocycles. The lowest BCUT2D eigenvalue weighted by Gasteiger charge is -2.16. The van der Waals surface area contributed by atoms with Crippen LogP contribution in [0.25, 0.3) is 0 Å². The maximum atomic E-state index is 9.76. The summed E-state index contributed by atoms with van der Waals surface area (Å²) in [6.07, 6.45) is -4.63. The van der Waals surface area contributed by atoms with Crippen molar-refractivity contribution in [1.29, 1.82) is 0 Å². The van der Waals surface area contributed by atoms with E-state index in [0.717, 1.165) is 0 Å². The van der Waals surface area contributed by atoms with Crippen molar-refractivity contribution in [2.45, 2.75) is 18.3 Å². The molecular weight excluding hydrogens is 142 g/mol. The molecule has 0 saturated heterocycles. The van der Waals surface area contributed by atoms with E-state index in [9.17, 15) is 4.79 Å². The Morgan fingerprint density at radius 3 is 2.10 bits per heavy atom. The van der Waals surface area contributed by atoms with E-state index >= 15 is 0 Å². The number of aliphatic hydroxyl groups excluding tert-OH is 4. The summed E-state index contributed by atoms with van der Waals surface area (Å²) in [6, 6.07) is 0. The molecule has 0 radical (unpaired) electrons. The minimum atomic E-state index is -1.64. The Balaban J connectivity index is 3.80. The first kappa shape index (κ1) is 9.51. The summed E-state index contributed by atoms with van der Waals surface area (Å²) in [5, 5.41) is 34.1. The lowest BCUT2D eigenvalue weighted by atomic mass is 10.3. The number of aldehydes is 1.